The lowest BCUT2D eigenvalue weighted by Gasteiger charge is -2.18. The Morgan fingerprint density at radius 2 is 2.31 bits per heavy atom. The number of nitrogens with one attached hydrogen (secondary N) is 1. The predicted molar refractivity (Wildman–Crippen MR) is 63.7 cm³/mol. The summed E-state index contributed by atoms with van der Waals surface area (Å²) in [5.41, 5.74) is -0.234. The second-order valence-corrected chi connectivity index (χ2v) is 4.86. The molecule has 4 nitrogen and oxygen atoms in total. The van der Waals surface area contributed by atoms with Crippen LogP contribution in [0.3, 0.4) is 0 Å². The fourth-order valence-corrected chi connectivity index (χ4v) is 1.46. The molecule has 1 unspecified atom stereocenters. The van der Waals surface area contributed by atoms with E-state index in [9.17, 15) is 0 Å². The largest absolute Gasteiger partial charge is 0.336 e. The smallest absolute Gasteiger partial charge is 0.0946 e. The van der Waals surface area contributed by atoms with Gasteiger partial charge in [0, 0.05) is 25.0 Å². The minimum Gasteiger partial charge on any atom is -0.336 e. The van der Waals surface area contributed by atoms with E-state index in [-0.39, 0.29) is 5.41 Å². The number of aromatic nitrogens is 2. The van der Waals surface area contributed by atoms with Gasteiger partial charge in [-0.25, -0.2) is 4.98 Å². The SMILES string of the molecule is CC(Cn1ccnc1)NCCC(C)(C)C#N. The summed E-state index contributed by atoms with van der Waals surface area (Å²) in [7, 11) is 0. The Morgan fingerprint density at radius 1 is 1.56 bits per heavy atom. The molecule has 0 amide bonds. The zero-order chi connectivity index (χ0) is 12.0. The van der Waals surface area contributed by atoms with Crippen LogP contribution in [0.2, 0.25) is 0 Å². The van der Waals surface area contributed by atoms with E-state index in [2.05, 4.69) is 23.3 Å². The highest BCUT2D eigenvalue weighted by Crippen LogP contribution is 2.17. The quantitative estimate of drug-likeness (QED) is 0.795. The zero-order valence-corrected chi connectivity index (χ0v) is 10.3. The first-order chi connectivity index (χ1) is 7.53. The van der Waals surface area contributed by atoms with Gasteiger partial charge in [-0.3, -0.25) is 0 Å². The van der Waals surface area contributed by atoms with Crippen LogP contribution in [0.5, 0.6) is 0 Å². The molecule has 0 saturated heterocycles. The first-order valence-corrected chi connectivity index (χ1v) is 5.64. The van der Waals surface area contributed by atoms with Gasteiger partial charge >= 0.3 is 0 Å². The van der Waals surface area contributed by atoms with Gasteiger partial charge < -0.3 is 9.88 Å². The molecule has 0 aliphatic carbocycles. The van der Waals surface area contributed by atoms with Gasteiger partial charge in [0.1, 0.15) is 0 Å². The molecule has 1 heterocycles. The zero-order valence-electron chi connectivity index (χ0n) is 10.3. The maximum atomic E-state index is 8.88. The standard InChI is InChI=1S/C12H20N4/c1-11(8-16-7-6-14-10-16)15-5-4-12(2,3)9-13/h6-7,10-11,15H,4-5,8H2,1-3H3. The number of rotatable bonds is 6. The summed E-state index contributed by atoms with van der Waals surface area (Å²) in [5.74, 6) is 0. The minimum atomic E-state index is -0.234. The van der Waals surface area contributed by atoms with Crippen molar-refractivity contribution in [3.05, 3.63) is 18.7 Å². The molecule has 1 aromatic heterocycles. The second kappa shape index (κ2) is 5.66. The van der Waals surface area contributed by atoms with Crippen molar-refractivity contribution in [1.29, 1.82) is 5.26 Å². The Kier molecular flexibility index (Phi) is 4.51. The van der Waals surface area contributed by atoms with Crippen LogP contribution >= 0.6 is 0 Å². The minimum absolute atomic E-state index is 0.234. The fourth-order valence-electron chi connectivity index (χ4n) is 1.46. The third-order valence-corrected chi connectivity index (χ3v) is 2.59. The number of nitriles is 1. The molecule has 1 aromatic rings. The monoisotopic (exact) mass is 220 g/mol. The number of hydrogen-bond acceptors (Lipinski definition) is 3. The number of nitrogens with zero attached hydrogens (tertiary/aromatic N) is 3. The Labute approximate surface area is 97.3 Å². The second-order valence-electron chi connectivity index (χ2n) is 4.86. The molecule has 0 radical (unpaired) electrons. The summed E-state index contributed by atoms with van der Waals surface area (Å²) in [4.78, 5) is 4.00. The van der Waals surface area contributed by atoms with Crippen molar-refractivity contribution in [3.63, 3.8) is 0 Å². The first kappa shape index (κ1) is 12.7. The Hall–Kier alpha value is -1.34. The molecule has 0 bridgehead atoms. The lowest BCUT2D eigenvalue weighted by atomic mass is 9.91. The van der Waals surface area contributed by atoms with Gasteiger partial charge in [0.2, 0.25) is 0 Å². The molecule has 0 saturated carbocycles. The van der Waals surface area contributed by atoms with Gasteiger partial charge in [0.25, 0.3) is 0 Å². The lowest BCUT2D eigenvalue weighted by molar-refractivity contribution is 0.398. The van der Waals surface area contributed by atoms with Crippen LogP contribution in [0.25, 0.3) is 0 Å². The van der Waals surface area contributed by atoms with E-state index in [4.69, 9.17) is 5.26 Å². The maximum absolute atomic E-state index is 8.88. The van der Waals surface area contributed by atoms with Crippen LogP contribution < -0.4 is 5.32 Å². The average Bonchev–Trinajstić information content (AvgIpc) is 2.70. The normalized spacial score (nSPS) is 13.4. The topological polar surface area (TPSA) is 53.6 Å². The third-order valence-electron chi connectivity index (χ3n) is 2.59. The molecule has 0 aromatic carbocycles. The predicted octanol–water partition coefficient (Wildman–Crippen LogP) is 1.80. The number of imidazole rings is 1. The maximum Gasteiger partial charge on any atom is 0.0946 e. The molecule has 0 fully saturated rings. The Balaban J connectivity index is 2.21. The molecule has 16 heavy (non-hydrogen) atoms. The van der Waals surface area contributed by atoms with Crippen molar-refractivity contribution in [1.82, 2.24) is 14.9 Å². The highest BCUT2D eigenvalue weighted by atomic mass is 15.1. The molecule has 4 heteroatoms. The molecule has 0 aliphatic heterocycles. The third kappa shape index (κ3) is 4.45. The first-order valence-electron chi connectivity index (χ1n) is 5.64. The van der Waals surface area contributed by atoms with E-state index >= 15 is 0 Å². The van der Waals surface area contributed by atoms with Crippen molar-refractivity contribution in [3.8, 4) is 6.07 Å². The molecule has 1 atom stereocenters. The van der Waals surface area contributed by atoms with Crippen molar-refractivity contribution in [2.45, 2.75) is 39.8 Å². The van der Waals surface area contributed by atoms with E-state index in [0.29, 0.717) is 6.04 Å². The van der Waals surface area contributed by atoms with Crippen LogP contribution in [0.15, 0.2) is 18.7 Å². The molecular formula is C12H20N4. The lowest BCUT2D eigenvalue weighted by Crippen LogP contribution is -2.32. The van der Waals surface area contributed by atoms with Crippen LogP contribution in [0, 0.1) is 16.7 Å². The fraction of sp³-hybridized carbons (Fsp3) is 0.667. The molecular weight excluding hydrogens is 200 g/mol. The van der Waals surface area contributed by atoms with E-state index in [1.807, 2.05) is 30.9 Å². The molecule has 88 valence electrons. The van der Waals surface area contributed by atoms with Gasteiger partial charge in [-0.05, 0) is 33.7 Å². The van der Waals surface area contributed by atoms with Gasteiger partial charge in [-0.15, -0.1) is 0 Å². The van der Waals surface area contributed by atoms with E-state index in [1.54, 1.807) is 6.20 Å². The summed E-state index contributed by atoms with van der Waals surface area (Å²) in [6.07, 6.45) is 6.43. The number of hydrogen-bond donors (Lipinski definition) is 1. The Bertz CT molecular complexity index is 334. The molecule has 1 rings (SSSR count). The molecule has 1 N–H and O–H groups in total. The van der Waals surface area contributed by atoms with Crippen LogP contribution in [0.4, 0.5) is 0 Å². The van der Waals surface area contributed by atoms with Crippen molar-refractivity contribution in [2.75, 3.05) is 6.54 Å². The van der Waals surface area contributed by atoms with E-state index in [1.165, 1.54) is 0 Å². The van der Waals surface area contributed by atoms with Gasteiger partial charge in [0.15, 0.2) is 0 Å². The van der Waals surface area contributed by atoms with Gasteiger partial charge in [-0.1, -0.05) is 0 Å². The Morgan fingerprint density at radius 3 is 2.88 bits per heavy atom. The van der Waals surface area contributed by atoms with Crippen LogP contribution in [-0.2, 0) is 6.54 Å². The van der Waals surface area contributed by atoms with E-state index in [0.717, 1.165) is 19.5 Å². The summed E-state index contributed by atoms with van der Waals surface area (Å²) >= 11 is 0. The van der Waals surface area contributed by atoms with Gasteiger partial charge in [-0.2, -0.15) is 5.26 Å². The average molecular weight is 220 g/mol. The van der Waals surface area contributed by atoms with Crippen LogP contribution in [0.1, 0.15) is 27.2 Å². The van der Waals surface area contributed by atoms with Crippen molar-refractivity contribution in [2.24, 2.45) is 5.41 Å². The highest BCUT2D eigenvalue weighted by molar-refractivity contribution is 4.92. The van der Waals surface area contributed by atoms with Crippen molar-refractivity contribution >= 4 is 0 Å². The van der Waals surface area contributed by atoms with Crippen molar-refractivity contribution < 1.29 is 0 Å². The molecule has 0 spiro atoms. The molecule has 0 aliphatic rings. The van der Waals surface area contributed by atoms with Gasteiger partial charge in [0.05, 0.1) is 17.8 Å². The summed E-state index contributed by atoms with van der Waals surface area (Å²) in [6.45, 7) is 7.85. The van der Waals surface area contributed by atoms with E-state index < -0.39 is 0 Å². The van der Waals surface area contributed by atoms with Crippen LogP contribution in [-0.4, -0.2) is 22.1 Å². The highest BCUT2D eigenvalue weighted by Gasteiger charge is 2.16. The summed E-state index contributed by atoms with van der Waals surface area (Å²) in [6, 6.07) is 2.70. The summed E-state index contributed by atoms with van der Waals surface area (Å²) in [5, 5.41) is 12.3. The summed E-state index contributed by atoms with van der Waals surface area (Å²) < 4.78 is 2.05.